The zero-order valence-corrected chi connectivity index (χ0v) is 17.8. The van der Waals surface area contributed by atoms with Gasteiger partial charge in [-0.25, -0.2) is 9.97 Å². The highest BCUT2D eigenvalue weighted by Crippen LogP contribution is 2.32. The van der Waals surface area contributed by atoms with Gasteiger partial charge in [0.15, 0.2) is 0 Å². The number of likely N-dealkylation sites (N-methyl/N-ethyl adjacent to an activating group) is 1. The van der Waals surface area contributed by atoms with Crippen molar-refractivity contribution in [2.75, 3.05) is 66.4 Å². The topological polar surface area (TPSA) is 71.0 Å². The molecule has 2 aromatic rings. The van der Waals surface area contributed by atoms with Crippen LogP contribution in [0.1, 0.15) is 11.8 Å². The third-order valence-electron chi connectivity index (χ3n) is 4.92. The molecule has 0 spiro atoms. The lowest BCUT2D eigenvalue weighted by molar-refractivity contribution is -0.132. The number of rotatable bonds is 6. The monoisotopic (exact) mass is 399 g/mol. The number of nitrogens with zero attached hydrogens (tertiary/aromatic N) is 5. The molecule has 1 fully saturated rings. The summed E-state index contributed by atoms with van der Waals surface area (Å²) in [5.41, 5.74) is 2.75. The summed E-state index contributed by atoms with van der Waals surface area (Å²) in [4.78, 5) is 27.0. The Morgan fingerprint density at radius 2 is 1.97 bits per heavy atom. The molecule has 8 heteroatoms. The summed E-state index contributed by atoms with van der Waals surface area (Å²) < 4.78 is 11.3. The van der Waals surface area contributed by atoms with Crippen molar-refractivity contribution in [1.29, 1.82) is 0 Å². The van der Waals surface area contributed by atoms with Gasteiger partial charge in [-0.2, -0.15) is 0 Å². The summed E-state index contributed by atoms with van der Waals surface area (Å²) >= 11 is 0. The van der Waals surface area contributed by atoms with Crippen molar-refractivity contribution in [3.05, 3.63) is 36.2 Å². The molecule has 0 radical (unpaired) electrons. The van der Waals surface area contributed by atoms with Crippen LogP contribution in [0.4, 0.5) is 5.95 Å². The summed E-state index contributed by atoms with van der Waals surface area (Å²) in [6, 6.07) is 7.82. The Morgan fingerprint density at radius 3 is 2.59 bits per heavy atom. The van der Waals surface area contributed by atoms with Crippen LogP contribution in [0.25, 0.3) is 11.1 Å². The van der Waals surface area contributed by atoms with Crippen LogP contribution in [0.15, 0.2) is 30.5 Å². The highest BCUT2D eigenvalue weighted by molar-refractivity contribution is 5.77. The van der Waals surface area contributed by atoms with Gasteiger partial charge in [0.25, 0.3) is 0 Å². The van der Waals surface area contributed by atoms with E-state index in [0.29, 0.717) is 25.6 Å². The maximum atomic E-state index is 12.1. The Balaban J connectivity index is 1.92. The highest BCUT2D eigenvalue weighted by Gasteiger charge is 2.28. The van der Waals surface area contributed by atoms with E-state index < -0.39 is 0 Å². The number of amides is 1. The van der Waals surface area contributed by atoms with Crippen molar-refractivity contribution >= 4 is 11.9 Å². The third-order valence-corrected chi connectivity index (χ3v) is 4.92. The van der Waals surface area contributed by atoms with E-state index in [1.54, 1.807) is 26.1 Å². The lowest BCUT2D eigenvalue weighted by atomic mass is 10.0. The average molecular weight is 399 g/mol. The molecule has 0 aliphatic carbocycles. The quantitative estimate of drug-likeness (QED) is 0.732. The van der Waals surface area contributed by atoms with E-state index in [2.05, 4.69) is 9.88 Å². The molecule has 1 saturated heterocycles. The lowest BCUT2D eigenvalue weighted by Crippen LogP contribution is -2.44. The van der Waals surface area contributed by atoms with Gasteiger partial charge in [0.2, 0.25) is 11.9 Å². The Bertz CT molecular complexity index is 839. The molecule has 1 aromatic heterocycles. The molecule has 156 valence electrons. The van der Waals surface area contributed by atoms with Gasteiger partial charge >= 0.3 is 0 Å². The largest absolute Gasteiger partial charge is 0.497 e. The first-order valence-corrected chi connectivity index (χ1v) is 9.62. The van der Waals surface area contributed by atoms with Crippen LogP contribution in [-0.4, -0.2) is 87.2 Å². The van der Waals surface area contributed by atoms with E-state index in [0.717, 1.165) is 29.1 Å². The van der Waals surface area contributed by atoms with Gasteiger partial charge in [0.05, 0.1) is 26.0 Å². The Hall–Kier alpha value is -2.71. The fourth-order valence-electron chi connectivity index (χ4n) is 3.18. The van der Waals surface area contributed by atoms with Gasteiger partial charge in [-0.05, 0) is 17.7 Å². The molecule has 1 atom stereocenters. The number of hydrogen-bond acceptors (Lipinski definition) is 7. The van der Waals surface area contributed by atoms with Crippen LogP contribution in [0.3, 0.4) is 0 Å². The van der Waals surface area contributed by atoms with Gasteiger partial charge in [-0.3, -0.25) is 9.69 Å². The number of morpholine rings is 1. The van der Waals surface area contributed by atoms with Gasteiger partial charge in [-0.1, -0.05) is 12.1 Å². The van der Waals surface area contributed by atoms with E-state index in [-0.39, 0.29) is 12.0 Å². The fraction of sp³-hybridized carbons (Fsp3) is 0.476. The molecule has 0 bridgehead atoms. The minimum atomic E-state index is -0.238. The summed E-state index contributed by atoms with van der Waals surface area (Å²) in [7, 11) is 9.02. The van der Waals surface area contributed by atoms with Crippen molar-refractivity contribution in [1.82, 2.24) is 19.8 Å². The summed E-state index contributed by atoms with van der Waals surface area (Å²) in [5.74, 6) is 1.50. The average Bonchev–Trinajstić information content (AvgIpc) is 2.73. The van der Waals surface area contributed by atoms with E-state index in [9.17, 15) is 4.79 Å². The van der Waals surface area contributed by atoms with Crippen LogP contribution >= 0.6 is 0 Å². The number of hydrogen-bond donors (Lipinski definition) is 0. The van der Waals surface area contributed by atoms with Gasteiger partial charge in [0, 0.05) is 53.0 Å². The van der Waals surface area contributed by atoms with Crippen molar-refractivity contribution in [3.63, 3.8) is 0 Å². The molecule has 0 saturated carbocycles. The molecule has 2 heterocycles. The van der Waals surface area contributed by atoms with Crippen molar-refractivity contribution in [2.45, 2.75) is 6.10 Å². The Morgan fingerprint density at radius 1 is 1.24 bits per heavy atom. The molecule has 1 aromatic carbocycles. The Labute approximate surface area is 172 Å². The standard InChI is InChI=1S/C21H29N5O3/c1-24(2)19(27)14-26-10-11-29-18(13-26)20-17(12-22-21(23-20)25(3)4)15-6-8-16(28-5)9-7-15/h6-9,12,18H,10-11,13-14H2,1-5H3. The molecule has 0 N–H and O–H groups in total. The smallest absolute Gasteiger partial charge is 0.236 e. The maximum Gasteiger partial charge on any atom is 0.236 e. The number of ether oxygens (including phenoxy) is 2. The summed E-state index contributed by atoms with van der Waals surface area (Å²) in [6.45, 7) is 2.25. The first-order chi connectivity index (χ1) is 13.9. The molecule has 1 aliphatic rings. The van der Waals surface area contributed by atoms with Crippen LogP contribution in [-0.2, 0) is 9.53 Å². The van der Waals surface area contributed by atoms with Crippen LogP contribution in [0.5, 0.6) is 5.75 Å². The van der Waals surface area contributed by atoms with Gasteiger partial charge in [0.1, 0.15) is 11.9 Å². The number of methoxy groups -OCH3 is 1. The van der Waals surface area contributed by atoms with Crippen LogP contribution in [0, 0.1) is 0 Å². The van der Waals surface area contributed by atoms with Crippen LogP contribution in [0.2, 0.25) is 0 Å². The first kappa shape index (κ1) is 21.0. The van der Waals surface area contributed by atoms with E-state index in [4.69, 9.17) is 14.5 Å². The maximum absolute atomic E-state index is 12.1. The first-order valence-electron chi connectivity index (χ1n) is 9.62. The highest BCUT2D eigenvalue weighted by atomic mass is 16.5. The second-order valence-corrected chi connectivity index (χ2v) is 7.47. The van der Waals surface area contributed by atoms with Gasteiger partial charge in [-0.15, -0.1) is 0 Å². The number of benzene rings is 1. The predicted molar refractivity (Wildman–Crippen MR) is 112 cm³/mol. The van der Waals surface area contributed by atoms with E-state index >= 15 is 0 Å². The van der Waals surface area contributed by atoms with Gasteiger partial charge < -0.3 is 19.3 Å². The summed E-state index contributed by atoms with van der Waals surface area (Å²) in [5, 5.41) is 0. The zero-order valence-electron chi connectivity index (χ0n) is 17.8. The number of carbonyl (C=O) groups is 1. The lowest BCUT2D eigenvalue weighted by Gasteiger charge is -2.33. The SMILES string of the molecule is COc1ccc(-c2cnc(N(C)C)nc2C2CN(CC(=O)N(C)C)CCO2)cc1. The second kappa shape index (κ2) is 9.19. The van der Waals surface area contributed by atoms with Crippen molar-refractivity contribution in [2.24, 2.45) is 0 Å². The van der Waals surface area contributed by atoms with E-state index in [1.807, 2.05) is 49.5 Å². The third kappa shape index (κ3) is 5.02. The fourth-order valence-corrected chi connectivity index (χ4v) is 3.18. The number of anilines is 1. The molecule has 1 unspecified atom stereocenters. The summed E-state index contributed by atoms with van der Waals surface area (Å²) in [6.07, 6.45) is 1.60. The van der Waals surface area contributed by atoms with Crippen molar-refractivity contribution in [3.8, 4) is 16.9 Å². The molecular weight excluding hydrogens is 370 g/mol. The normalized spacial score (nSPS) is 17.1. The second-order valence-electron chi connectivity index (χ2n) is 7.47. The van der Waals surface area contributed by atoms with Crippen molar-refractivity contribution < 1.29 is 14.3 Å². The molecule has 1 amide bonds. The minimum absolute atomic E-state index is 0.0812. The molecule has 3 rings (SSSR count). The van der Waals surface area contributed by atoms with Crippen LogP contribution < -0.4 is 9.64 Å². The molecular formula is C21H29N5O3. The molecule has 8 nitrogen and oxygen atoms in total. The number of aromatic nitrogens is 2. The van der Waals surface area contributed by atoms with E-state index in [1.165, 1.54) is 0 Å². The zero-order chi connectivity index (χ0) is 21.0. The minimum Gasteiger partial charge on any atom is -0.497 e. The number of carbonyl (C=O) groups excluding carboxylic acids is 1. The molecule has 1 aliphatic heterocycles. The molecule has 29 heavy (non-hydrogen) atoms. The Kier molecular flexibility index (Phi) is 6.66. The predicted octanol–water partition coefficient (Wildman–Crippen LogP) is 1.68.